The highest BCUT2D eigenvalue weighted by molar-refractivity contribution is 5.96. The highest BCUT2D eigenvalue weighted by Crippen LogP contribution is 2.36. The van der Waals surface area contributed by atoms with Crippen molar-refractivity contribution < 1.29 is 9.90 Å². The molecular weight excluding hydrogens is 673 g/mol. The Hall–Kier alpha value is -7.48. The Labute approximate surface area is 322 Å². The Bertz CT molecular complexity index is 2470. The van der Waals surface area contributed by atoms with Gasteiger partial charge in [0.2, 0.25) is 0 Å². The van der Waals surface area contributed by atoms with Crippen LogP contribution in [0.2, 0.25) is 0 Å². The number of hydrogen-bond donors (Lipinski definition) is 1. The van der Waals surface area contributed by atoms with E-state index in [1.165, 1.54) is 28.3 Å². The van der Waals surface area contributed by atoms with E-state index in [-0.39, 0.29) is 5.57 Å². The number of carbonyl (C=O) groups is 1. The summed E-state index contributed by atoms with van der Waals surface area (Å²) in [6.07, 6.45) is 7.85. The van der Waals surface area contributed by atoms with Gasteiger partial charge in [0, 0.05) is 17.1 Å². The average molecular weight is 711 g/mol. The maximum Gasteiger partial charge on any atom is 0.346 e. The Morgan fingerprint density at radius 3 is 1.33 bits per heavy atom. The van der Waals surface area contributed by atoms with Gasteiger partial charge in [0.05, 0.1) is 0 Å². The topological polar surface area (TPSA) is 64.3 Å². The van der Waals surface area contributed by atoms with Gasteiger partial charge in [-0.25, -0.2) is 4.79 Å². The van der Waals surface area contributed by atoms with Crippen LogP contribution in [0.4, 0.5) is 17.1 Å². The molecule has 0 saturated heterocycles. The lowest BCUT2D eigenvalue weighted by Crippen LogP contribution is -2.09. The Morgan fingerprint density at radius 2 is 0.891 bits per heavy atom. The smallest absolute Gasteiger partial charge is 0.346 e. The minimum Gasteiger partial charge on any atom is -0.477 e. The predicted octanol–water partition coefficient (Wildman–Crippen LogP) is 12.9. The van der Waals surface area contributed by atoms with Crippen LogP contribution in [0.15, 0.2) is 188 Å². The van der Waals surface area contributed by atoms with Gasteiger partial charge in [0.25, 0.3) is 0 Å². The van der Waals surface area contributed by atoms with Crippen molar-refractivity contribution in [2.24, 2.45) is 0 Å². The maximum absolute atomic E-state index is 11.2. The van der Waals surface area contributed by atoms with Crippen molar-refractivity contribution in [3.8, 4) is 17.2 Å². The number of rotatable bonds is 11. The zero-order valence-electron chi connectivity index (χ0n) is 30.4. The lowest BCUT2D eigenvalue weighted by atomic mass is 9.95. The number of nitriles is 1. The second-order valence-corrected chi connectivity index (χ2v) is 13.2. The summed E-state index contributed by atoms with van der Waals surface area (Å²) < 4.78 is 0. The van der Waals surface area contributed by atoms with Crippen molar-refractivity contribution in [1.82, 2.24) is 0 Å². The van der Waals surface area contributed by atoms with Crippen LogP contribution in [-0.4, -0.2) is 11.1 Å². The predicted molar refractivity (Wildman–Crippen MR) is 228 cm³/mol. The SMILES string of the molecule is Cc1ccc(N(c2ccc(C=C(c3ccccc3)c3ccccc3)cc2)c2ccc(/C=C/c3ccc(-c4ccc(/C=C(/C#N)C(=O)O)cc4)cc3)cc2)cc1. The second-order valence-electron chi connectivity index (χ2n) is 13.2. The van der Waals surface area contributed by atoms with Gasteiger partial charge in [-0.1, -0.05) is 163 Å². The van der Waals surface area contributed by atoms with Crippen molar-refractivity contribution in [1.29, 1.82) is 5.26 Å². The molecule has 0 amide bonds. The maximum atomic E-state index is 11.2. The fourth-order valence-electron chi connectivity index (χ4n) is 6.39. The molecule has 0 aliphatic carbocycles. The third-order valence-corrected chi connectivity index (χ3v) is 9.36. The summed E-state index contributed by atoms with van der Waals surface area (Å²) in [5.41, 5.74) is 13.7. The highest BCUT2D eigenvalue weighted by atomic mass is 16.4. The van der Waals surface area contributed by atoms with Crippen LogP contribution in [0.5, 0.6) is 0 Å². The Morgan fingerprint density at radius 1 is 0.509 bits per heavy atom. The molecule has 0 saturated carbocycles. The molecule has 0 unspecified atom stereocenters. The molecule has 0 aliphatic rings. The van der Waals surface area contributed by atoms with E-state index in [9.17, 15) is 4.79 Å². The van der Waals surface area contributed by atoms with Gasteiger partial charge in [-0.15, -0.1) is 0 Å². The first-order valence-corrected chi connectivity index (χ1v) is 18.1. The summed E-state index contributed by atoms with van der Waals surface area (Å²) >= 11 is 0. The first-order chi connectivity index (χ1) is 26.9. The van der Waals surface area contributed by atoms with Crippen LogP contribution < -0.4 is 4.90 Å². The summed E-state index contributed by atoms with van der Waals surface area (Å²) in [7, 11) is 0. The molecule has 0 aromatic heterocycles. The number of aryl methyl sites for hydroxylation is 1. The van der Waals surface area contributed by atoms with Gasteiger partial charge in [-0.05, 0) is 106 Å². The lowest BCUT2D eigenvalue weighted by Gasteiger charge is -2.26. The van der Waals surface area contributed by atoms with Gasteiger partial charge in [0.15, 0.2) is 0 Å². The number of benzene rings is 7. The average Bonchev–Trinajstić information content (AvgIpc) is 3.24. The van der Waals surface area contributed by atoms with Crippen LogP contribution in [0, 0.1) is 18.3 Å². The highest BCUT2D eigenvalue weighted by Gasteiger charge is 2.13. The molecule has 0 fully saturated rings. The van der Waals surface area contributed by atoms with Gasteiger partial charge < -0.3 is 10.0 Å². The molecule has 264 valence electrons. The van der Waals surface area contributed by atoms with Crippen LogP contribution in [-0.2, 0) is 4.79 Å². The lowest BCUT2D eigenvalue weighted by molar-refractivity contribution is -0.132. The van der Waals surface area contributed by atoms with Crippen molar-refractivity contribution >= 4 is 52.9 Å². The summed E-state index contributed by atoms with van der Waals surface area (Å²) in [5.74, 6) is -1.23. The molecule has 7 aromatic carbocycles. The monoisotopic (exact) mass is 710 g/mol. The molecule has 0 heterocycles. The van der Waals surface area contributed by atoms with Gasteiger partial charge in [-0.2, -0.15) is 5.26 Å². The van der Waals surface area contributed by atoms with E-state index in [0.717, 1.165) is 44.9 Å². The van der Waals surface area contributed by atoms with Crippen LogP contribution in [0.25, 0.3) is 41.0 Å². The number of nitrogens with zero attached hydrogens (tertiary/aromatic N) is 2. The fraction of sp³-hybridized carbons (Fsp3) is 0.0196. The number of carboxylic acid groups (broad SMARTS) is 1. The molecule has 0 aliphatic heterocycles. The third-order valence-electron chi connectivity index (χ3n) is 9.36. The number of aliphatic carboxylic acids is 1. The summed E-state index contributed by atoms with van der Waals surface area (Å²) in [4.78, 5) is 13.4. The van der Waals surface area contributed by atoms with E-state index in [1.807, 2.05) is 36.4 Å². The van der Waals surface area contributed by atoms with Gasteiger partial charge in [0.1, 0.15) is 11.6 Å². The molecule has 4 nitrogen and oxygen atoms in total. The molecule has 1 N–H and O–H groups in total. The van der Waals surface area contributed by atoms with Crippen LogP contribution >= 0.6 is 0 Å². The Balaban J connectivity index is 1.10. The largest absolute Gasteiger partial charge is 0.477 e. The first kappa shape index (κ1) is 35.9. The van der Waals surface area contributed by atoms with E-state index < -0.39 is 5.97 Å². The molecule has 0 atom stereocenters. The molecular formula is C51H38N2O2. The minimum atomic E-state index is -1.23. The quantitative estimate of drug-likeness (QED) is 0.0824. The number of hydrogen-bond acceptors (Lipinski definition) is 3. The molecule has 0 bridgehead atoms. The van der Waals surface area contributed by atoms with E-state index in [0.29, 0.717) is 5.56 Å². The number of anilines is 3. The number of carboxylic acids is 1. The van der Waals surface area contributed by atoms with E-state index in [1.54, 1.807) is 6.07 Å². The second kappa shape index (κ2) is 16.9. The van der Waals surface area contributed by atoms with Crippen molar-refractivity contribution in [2.45, 2.75) is 6.92 Å². The molecule has 7 aromatic rings. The first-order valence-electron chi connectivity index (χ1n) is 18.1. The summed E-state index contributed by atoms with van der Waals surface area (Å²) in [6, 6.07) is 64.5. The fourth-order valence-corrected chi connectivity index (χ4v) is 6.39. The summed E-state index contributed by atoms with van der Waals surface area (Å²) in [6.45, 7) is 2.11. The van der Waals surface area contributed by atoms with E-state index in [2.05, 4.69) is 176 Å². The zero-order chi connectivity index (χ0) is 38.0. The molecule has 55 heavy (non-hydrogen) atoms. The zero-order valence-corrected chi connectivity index (χ0v) is 30.4. The Kier molecular flexibility index (Phi) is 11.0. The van der Waals surface area contributed by atoms with Crippen molar-refractivity contribution in [3.63, 3.8) is 0 Å². The van der Waals surface area contributed by atoms with Crippen LogP contribution in [0.3, 0.4) is 0 Å². The molecule has 7 rings (SSSR count). The van der Waals surface area contributed by atoms with E-state index >= 15 is 0 Å². The third kappa shape index (κ3) is 8.95. The molecule has 4 heteroatoms. The minimum absolute atomic E-state index is 0.294. The van der Waals surface area contributed by atoms with E-state index in [4.69, 9.17) is 10.4 Å². The van der Waals surface area contributed by atoms with Crippen LogP contribution in [0.1, 0.15) is 38.9 Å². The van der Waals surface area contributed by atoms with Gasteiger partial charge >= 0.3 is 5.97 Å². The normalized spacial score (nSPS) is 11.2. The van der Waals surface area contributed by atoms with Gasteiger partial charge in [-0.3, -0.25) is 0 Å². The van der Waals surface area contributed by atoms with Crippen molar-refractivity contribution in [2.75, 3.05) is 4.90 Å². The molecule has 0 radical (unpaired) electrons. The standard InChI is InChI=1S/C51H38N2O2/c1-37-12-28-47(29-13-37)53(49-32-22-41(23-33-49)35-50(44-8-4-2-5-9-44)45-10-6-3-7-11-45)48-30-20-39(21-31-48)15-14-38-16-24-42(25-17-38)43-26-18-40(19-27-43)34-46(36-52)51(54)55/h2-35H,1H3,(H,54,55)/b15-14+,46-34-. The summed E-state index contributed by atoms with van der Waals surface area (Å²) in [5, 5.41) is 18.2. The molecule has 0 spiro atoms. The van der Waals surface area contributed by atoms with Crippen molar-refractivity contribution in [3.05, 3.63) is 227 Å².